The molecule has 0 saturated heterocycles. The van der Waals surface area contributed by atoms with Crippen molar-refractivity contribution in [2.45, 2.75) is 13.0 Å². The third-order valence-electron chi connectivity index (χ3n) is 4.67. The highest BCUT2D eigenvalue weighted by Crippen LogP contribution is 2.43. The van der Waals surface area contributed by atoms with Crippen LogP contribution in [0.2, 0.25) is 0 Å². The normalized spacial score (nSPS) is 13.7. The number of ether oxygens (including phenoxy) is 2. The first-order chi connectivity index (χ1) is 14.3. The minimum atomic E-state index is -3.67. The smallest absolute Gasteiger partial charge is 0.409 e. The molecule has 2 rings (SSSR count). The molecule has 0 spiro atoms. The largest absolute Gasteiger partial charge is 0.469 e. The summed E-state index contributed by atoms with van der Waals surface area (Å²) in [5, 5.41) is 0. The van der Waals surface area contributed by atoms with E-state index in [0.29, 0.717) is 6.42 Å². The maximum Gasteiger partial charge on any atom is 0.409 e. The van der Waals surface area contributed by atoms with Gasteiger partial charge < -0.3 is 19.3 Å². The summed E-state index contributed by atoms with van der Waals surface area (Å²) >= 11 is 0. The lowest BCUT2D eigenvalue weighted by molar-refractivity contribution is -0.144. The van der Waals surface area contributed by atoms with E-state index in [2.05, 4.69) is 0 Å². The first kappa shape index (κ1) is 23.6. The Kier molecular flexibility index (Phi) is 9.09. The van der Waals surface area contributed by atoms with Gasteiger partial charge in [0.1, 0.15) is 6.61 Å². The number of hydrogen-bond donors (Lipinski definition) is 1. The number of carbonyl (C=O) groups is 2. The predicted molar refractivity (Wildman–Crippen MR) is 114 cm³/mol. The van der Waals surface area contributed by atoms with E-state index in [9.17, 15) is 19.0 Å². The van der Waals surface area contributed by atoms with E-state index in [1.807, 2.05) is 60.7 Å². The Hall–Kier alpha value is -2.63. The number of nitrogens with zero attached hydrogens (tertiary/aromatic N) is 1. The van der Waals surface area contributed by atoms with E-state index < -0.39 is 25.3 Å². The third kappa shape index (κ3) is 8.01. The van der Waals surface area contributed by atoms with Crippen molar-refractivity contribution in [2.24, 2.45) is 5.92 Å². The maximum absolute atomic E-state index is 12.7. The molecule has 2 unspecified atom stereocenters. The van der Waals surface area contributed by atoms with Gasteiger partial charge >= 0.3 is 12.1 Å². The highest BCUT2D eigenvalue weighted by atomic mass is 31.2. The van der Waals surface area contributed by atoms with Crippen LogP contribution < -0.4 is 0 Å². The topological polar surface area (TPSA) is 93.1 Å². The van der Waals surface area contributed by atoms with E-state index >= 15 is 0 Å². The summed E-state index contributed by atoms with van der Waals surface area (Å²) in [7, 11) is -0.901. The first-order valence-electron chi connectivity index (χ1n) is 9.65. The Bertz CT molecular complexity index is 858. The first-order valence-corrected chi connectivity index (χ1v) is 11.7. The Balaban J connectivity index is 1.87. The molecule has 8 heteroatoms. The van der Waals surface area contributed by atoms with Gasteiger partial charge in [0, 0.05) is 25.9 Å². The van der Waals surface area contributed by atoms with Crippen molar-refractivity contribution < 1.29 is 28.5 Å². The van der Waals surface area contributed by atoms with Crippen LogP contribution in [0.1, 0.15) is 11.1 Å². The Morgan fingerprint density at radius 3 is 2.17 bits per heavy atom. The van der Waals surface area contributed by atoms with Gasteiger partial charge in [-0.15, -0.1) is 0 Å². The minimum absolute atomic E-state index is 0.0423. The molecule has 1 amide bonds. The van der Waals surface area contributed by atoms with Crippen LogP contribution in [0.15, 0.2) is 60.7 Å². The minimum Gasteiger partial charge on any atom is -0.469 e. The van der Waals surface area contributed by atoms with Crippen molar-refractivity contribution in [3.63, 3.8) is 0 Å². The standard InChI is InChI=1S/C22H28NO6P/c1-23(22(25)29-16-19-11-7-4-8-12-19)13-14-30(26,27)17-20(21(24)28-2)15-18-9-5-3-6-10-18/h3-12,20H,13-17H2,1-2H3,(H,26,27). The summed E-state index contributed by atoms with van der Waals surface area (Å²) < 4.78 is 22.7. The molecule has 162 valence electrons. The quantitative estimate of drug-likeness (QED) is 0.455. The number of amides is 1. The SMILES string of the molecule is COC(=O)C(Cc1ccccc1)CP(=O)(O)CCN(C)C(=O)OCc1ccccc1. The van der Waals surface area contributed by atoms with Gasteiger partial charge in [-0.3, -0.25) is 9.36 Å². The molecule has 2 aromatic rings. The summed E-state index contributed by atoms with van der Waals surface area (Å²) in [6.07, 6.45) is -0.603. The Labute approximate surface area is 177 Å². The van der Waals surface area contributed by atoms with Crippen molar-refractivity contribution in [1.29, 1.82) is 0 Å². The highest BCUT2D eigenvalue weighted by Gasteiger charge is 2.30. The van der Waals surface area contributed by atoms with Gasteiger partial charge in [-0.05, 0) is 17.5 Å². The number of methoxy groups -OCH3 is 1. The lowest BCUT2D eigenvalue weighted by atomic mass is 10.0. The van der Waals surface area contributed by atoms with Crippen LogP contribution >= 0.6 is 7.37 Å². The summed E-state index contributed by atoms with van der Waals surface area (Å²) in [6, 6.07) is 18.5. The van der Waals surface area contributed by atoms with E-state index in [0.717, 1.165) is 11.1 Å². The molecule has 0 aromatic heterocycles. The van der Waals surface area contributed by atoms with Crippen molar-refractivity contribution in [1.82, 2.24) is 4.90 Å². The summed E-state index contributed by atoms with van der Waals surface area (Å²) in [4.78, 5) is 35.9. The fraction of sp³-hybridized carbons (Fsp3) is 0.364. The molecule has 0 heterocycles. The van der Waals surface area contributed by atoms with E-state index in [4.69, 9.17) is 9.47 Å². The van der Waals surface area contributed by atoms with Gasteiger partial charge in [-0.2, -0.15) is 0 Å². The second-order valence-electron chi connectivity index (χ2n) is 7.12. The zero-order valence-corrected chi connectivity index (χ0v) is 18.2. The van der Waals surface area contributed by atoms with Crippen molar-refractivity contribution in [2.75, 3.05) is 33.0 Å². The zero-order chi connectivity index (χ0) is 22.0. The molecular formula is C22H28NO6P. The number of rotatable bonds is 10. The molecule has 7 nitrogen and oxygen atoms in total. The van der Waals surface area contributed by atoms with Crippen LogP contribution in [0.4, 0.5) is 4.79 Å². The summed E-state index contributed by atoms with van der Waals surface area (Å²) in [6.45, 7) is 0.170. The van der Waals surface area contributed by atoms with E-state index in [1.165, 1.54) is 19.1 Å². The third-order valence-corrected chi connectivity index (χ3v) is 6.58. The van der Waals surface area contributed by atoms with Crippen molar-refractivity contribution in [3.8, 4) is 0 Å². The van der Waals surface area contributed by atoms with Gasteiger partial charge in [0.25, 0.3) is 0 Å². The van der Waals surface area contributed by atoms with Crippen molar-refractivity contribution >= 4 is 19.4 Å². The molecule has 30 heavy (non-hydrogen) atoms. The fourth-order valence-corrected chi connectivity index (χ4v) is 4.71. The second kappa shape index (κ2) is 11.5. The lowest BCUT2D eigenvalue weighted by Crippen LogP contribution is -2.31. The van der Waals surface area contributed by atoms with Crippen LogP contribution in [0.3, 0.4) is 0 Å². The average Bonchev–Trinajstić information content (AvgIpc) is 2.76. The van der Waals surface area contributed by atoms with Gasteiger partial charge in [-0.25, -0.2) is 4.79 Å². The van der Waals surface area contributed by atoms with Crippen LogP contribution in [-0.4, -0.2) is 54.9 Å². The van der Waals surface area contributed by atoms with Gasteiger partial charge in [0.2, 0.25) is 7.37 Å². The number of benzene rings is 2. The molecule has 0 aliphatic heterocycles. The fourth-order valence-electron chi connectivity index (χ4n) is 2.95. The molecule has 0 bridgehead atoms. The second-order valence-corrected chi connectivity index (χ2v) is 9.63. The molecule has 0 radical (unpaired) electrons. The predicted octanol–water partition coefficient (Wildman–Crippen LogP) is 3.56. The Morgan fingerprint density at radius 1 is 1.03 bits per heavy atom. The van der Waals surface area contributed by atoms with Crippen molar-refractivity contribution in [3.05, 3.63) is 71.8 Å². The van der Waals surface area contributed by atoms with E-state index in [1.54, 1.807) is 0 Å². The maximum atomic E-state index is 12.7. The van der Waals surface area contributed by atoms with Crippen LogP contribution in [0, 0.1) is 5.92 Å². The van der Waals surface area contributed by atoms with Crippen LogP contribution in [-0.2, 0) is 31.9 Å². The summed E-state index contributed by atoms with van der Waals surface area (Å²) in [5.41, 5.74) is 1.74. The number of esters is 1. The van der Waals surface area contributed by atoms with Crippen LogP contribution in [0.25, 0.3) is 0 Å². The van der Waals surface area contributed by atoms with E-state index in [-0.39, 0.29) is 25.5 Å². The molecule has 0 fully saturated rings. The molecular weight excluding hydrogens is 405 g/mol. The number of carbonyl (C=O) groups excluding carboxylic acids is 2. The van der Waals surface area contributed by atoms with Gasteiger partial charge in [0.05, 0.1) is 13.0 Å². The highest BCUT2D eigenvalue weighted by molar-refractivity contribution is 7.58. The molecule has 0 aliphatic rings. The van der Waals surface area contributed by atoms with Gasteiger partial charge in [0.15, 0.2) is 0 Å². The average molecular weight is 433 g/mol. The van der Waals surface area contributed by atoms with Crippen LogP contribution in [0.5, 0.6) is 0 Å². The summed E-state index contributed by atoms with van der Waals surface area (Å²) in [5.74, 6) is -1.26. The number of hydrogen-bond acceptors (Lipinski definition) is 5. The molecule has 2 aromatic carbocycles. The Morgan fingerprint density at radius 2 is 1.60 bits per heavy atom. The molecule has 0 saturated carbocycles. The lowest BCUT2D eigenvalue weighted by Gasteiger charge is -2.22. The van der Waals surface area contributed by atoms with Gasteiger partial charge in [-0.1, -0.05) is 60.7 Å². The molecule has 0 aliphatic carbocycles. The molecule has 2 atom stereocenters. The molecule has 1 N–H and O–H groups in total. The monoisotopic (exact) mass is 433 g/mol. The zero-order valence-electron chi connectivity index (χ0n) is 17.3.